The molecule has 1 aliphatic heterocycles. The van der Waals surface area contributed by atoms with Crippen LogP contribution < -0.4 is 11.1 Å². The van der Waals surface area contributed by atoms with Crippen LogP contribution in [0.1, 0.15) is 64.1 Å². The van der Waals surface area contributed by atoms with E-state index < -0.39 is 5.41 Å². The van der Waals surface area contributed by atoms with E-state index in [1.165, 1.54) is 0 Å². The number of nitrogens with zero attached hydrogens (tertiary/aromatic N) is 2. The maximum atomic E-state index is 13.4. The molecule has 2 heterocycles. The second kappa shape index (κ2) is 7.04. The van der Waals surface area contributed by atoms with Crippen LogP contribution in [0.15, 0.2) is 24.4 Å². The van der Waals surface area contributed by atoms with E-state index in [9.17, 15) is 14.4 Å². The summed E-state index contributed by atoms with van der Waals surface area (Å²) in [6, 6.07) is 5.56. The first-order valence-electron chi connectivity index (χ1n) is 11.6. The third-order valence-electron chi connectivity index (χ3n) is 8.76. The lowest BCUT2D eigenvalue weighted by Crippen LogP contribution is -2.63. The van der Waals surface area contributed by atoms with Crippen molar-refractivity contribution in [2.24, 2.45) is 34.3 Å². The minimum absolute atomic E-state index is 0.0448. The lowest BCUT2D eigenvalue weighted by Gasteiger charge is -2.59. The third-order valence-corrected chi connectivity index (χ3v) is 8.76. The van der Waals surface area contributed by atoms with Crippen LogP contribution in [0.3, 0.4) is 0 Å². The van der Waals surface area contributed by atoms with Crippen molar-refractivity contribution in [3.8, 4) is 0 Å². The van der Waals surface area contributed by atoms with Crippen LogP contribution in [-0.4, -0.2) is 40.2 Å². The summed E-state index contributed by atoms with van der Waals surface area (Å²) in [4.78, 5) is 45.1. The molecule has 7 nitrogen and oxygen atoms in total. The minimum atomic E-state index is -1.06. The Labute approximate surface area is 183 Å². The molecule has 1 aromatic heterocycles. The standard InChI is InChI=1S/C24H32N4O3/c1-14(18-5-3-4-7-26-18)28-8-6-23(2,22(28)31)21(30)27-19-16-9-15-10-17(19)13-24(11-15,12-16)20(25)29/h3-5,7,14-17,19H,6,8-13H2,1-2H3,(H2,25,29)(H,27,30). The van der Waals surface area contributed by atoms with Crippen molar-refractivity contribution >= 4 is 17.7 Å². The van der Waals surface area contributed by atoms with Gasteiger partial charge in [0.2, 0.25) is 17.7 Å². The van der Waals surface area contributed by atoms with E-state index in [2.05, 4.69) is 10.3 Å². The maximum absolute atomic E-state index is 13.4. The summed E-state index contributed by atoms with van der Waals surface area (Å²) in [5.74, 6) is 0.641. The molecule has 4 saturated carbocycles. The highest BCUT2D eigenvalue weighted by Gasteiger charge is 2.59. The molecule has 6 rings (SSSR count). The van der Waals surface area contributed by atoms with Gasteiger partial charge in [0.05, 0.1) is 11.7 Å². The zero-order valence-electron chi connectivity index (χ0n) is 18.3. The second-order valence-electron chi connectivity index (χ2n) is 10.6. The predicted octanol–water partition coefficient (Wildman–Crippen LogP) is 2.18. The van der Waals surface area contributed by atoms with Gasteiger partial charge in [-0.3, -0.25) is 19.4 Å². The quantitative estimate of drug-likeness (QED) is 0.707. The van der Waals surface area contributed by atoms with Gasteiger partial charge in [-0.2, -0.15) is 0 Å². The average Bonchev–Trinajstić information content (AvgIpc) is 3.06. The molecule has 0 spiro atoms. The number of likely N-dealkylation sites (tertiary alicyclic amines) is 1. The highest BCUT2D eigenvalue weighted by molar-refractivity contribution is 6.06. The van der Waals surface area contributed by atoms with Crippen molar-refractivity contribution in [3.05, 3.63) is 30.1 Å². The van der Waals surface area contributed by atoms with Gasteiger partial charge in [-0.15, -0.1) is 0 Å². The van der Waals surface area contributed by atoms with Gasteiger partial charge in [-0.05, 0) is 82.3 Å². The molecule has 3 N–H and O–H groups in total. The van der Waals surface area contributed by atoms with Crippen LogP contribution in [0.2, 0.25) is 0 Å². The van der Waals surface area contributed by atoms with Crippen molar-refractivity contribution in [1.29, 1.82) is 0 Å². The Hall–Kier alpha value is -2.44. The number of carbonyl (C=O) groups excluding carboxylic acids is 3. The molecule has 4 unspecified atom stereocenters. The van der Waals surface area contributed by atoms with E-state index >= 15 is 0 Å². The molecule has 166 valence electrons. The summed E-state index contributed by atoms with van der Waals surface area (Å²) in [5, 5.41) is 3.28. The van der Waals surface area contributed by atoms with Gasteiger partial charge < -0.3 is 16.0 Å². The zero-order chi connectivity index (χ0) is 22.0. The smallest absolute Gasteiger partial charge is 0.238 e. The molecule has 5 aliphatic rings. The third kappa shape index (κ3) is 3.07. The number of carbonyl (C=O) groups is 3. The Bertz CT molecular complexity index is 903. The summed E-state index contributed by atoms with van der Waals surface area (Å²) < 4.78 is 0. The van der Waals surface area contributed by atoms with Gasteiger partial charge in [0, 0.05) is 24.2 Å². The Balaban J connectivity index is 1.30. The number of hydrogen-bond donors (Lipinski definition) is 2. The van der Waals surface area contributed by atoms with E-state index in [0.29, 0.717) is 18.9 Å². The first kappa shape index (κ1) is 20.5. The Morgan fingerprint density at radius 1 is 1.23 bits per heavy atom. The summed E-state index contributed by atoms with van der Waals surface area (Å²) in [7, 11) is 0. The lowest BCUT2D eigenvalue weighted by atomic mass is 9.47. The molecule has 0 aromatic carbocycles. The van der Waals surface area contributed by atoms with Gasteiger partial charge in [0.25, 0.3) is 0 Å². The molecule has 5 fully saturated rings. The molecule has 1 saturated heterocycles. The topological polar surface area (TPSA) is 105 Å². The van der Waals surface area contributed by atoms with Gasteiger partial charge in [0.15, 0.2) is 0 Å². The largest absolute Gasteiger partial charge is 0.369 e. The van der Waals surface area contributed by atoms with Gasteiger partial charge in [0.1, 0.15) is 5.41 Å². The molecule has 3 amide bonds. The monoisotopic (exact) mass is 424 g/mol. The van der Waals surface area contributed by atoms with E-state index in [0.717, 1.165) is 37.8 Å². The summed E-state index contributed by atoms with van der Waals surface area (Å²) in [6.07, 6.45) is 6.77. The van der Waals surface area contributed by atoms with E-state index in [4.69, 9.17) is 5.73 Å². The Morgan fingerprint density at radius 2 is 1.94 bits per heavy atom. The van der Waals surface area contributed by atoms with Crippen molar-refractivity contribution in [1.82, 2.24) is 15.2 Å². The number of pyridine rings is 1. The maximum Gasteiger partial charge on any atom is 0.238 e. The summed E-state index contributed by atoms with van der Waals surface area (Å²) in [6.45, 7) is 4.28. The number of rotatable bonds is 5. The van der Waals surface area contributed by atoms with Crippen LogP contribution >= 0.6 is 0 Å². The van der Waals surface area contributed by atoms with Crippen LogP contribution in [0.4, 0.5) is 0 Å². The van der Waals surface area contributed by atoms with Crippen molar-refractivity contribution in [2.75, 3.05) is 6.54 Å². The fourth-order valence-electron chi connectivity index (χ4n) is 7.10. The van der Waals surface area contributed by atoms with Crippen LogP contribution in [0.25, 0.3) is 0 Å². The SMILES string of the molecule is CC(c1ccccn1)N1CCC(C)(C(=O)NC2C3CC4CC2CC(C(N)=O)(C4)C3)C1=O. The fraction of sp³-hybridized carbons (Fsp3) is 0.667. The highest BCUT2D eigenvalue weighted by atomic mass is 16.2. The highest BCUT2D eigenvalue weighted by Crippen LogP contribution is 2.60. The van der Waals surface area contributed by atoms with Crippen molar-refractivity contribution < 1.29 is 14.4 Å². The first-order chi connectivity index (χ1) is 14.7. The number of nitrogens with two attached hydrogens (primary N) is 1. The summed E-state index contributed by atoms with van der Waals surface area (Å²) in [5.41, 5.74) is 5.19. The fourth-order valence-corrected chi connectivity index (χ4v) is 7.10. The molecule has 31 heavy (non-hydrogen) atoms. The molecule has 1 aromatic rings. The van der Waals surface area contributed by atoms with E-state index in [1.807, 2.05) is 25.1 Å². The molecule has 4 bridgehead atoms. The second-order valence-corrected chi connectivity index (χ2v) is 10.6. The van der Waals surface area contributed by atoms with E-state index in [1.54, 1.807) is 18.0 Å². The number of amides is 3. The minimum Gasteiger partial charge on any atom is -0.369 e. The van der Waals surface area contributed by atoms with Crippen molar-refractivity contribution in [3.63, 3.8) is 0 Å². The van der Waals surface area contributed by atoms with Crippen LogP contribution in [-0.2, 0) is 14.4 Å². The van der Waals surface area contributed by atoms with Crippen LogP contribution in [0, 0.1) is 28.6 Å². The van der Waals surface area contributed by atoms with Gasteiger partial charge in [-0.25, -0.2) is 0 Å². The number of primary amides is 1. The molecular weight excluding hydrogens is 392 g/mol. The van der Waals surface area contributed by atoms with Gasteiger partial charge in [-0.1, -0.05) is 6.07 Å². The number of aromatic nitrogens is 1. The molecule has 7 heteroatoms. The first-order valence-corrected chi connectivity index (χ1v) is 11.6. The zero-order valence-corrected chi connectivity index (χ0v) is 18.3. The predicted molar refractivity (Wildman–Crippen MR) is 114 cm³/mol. The lowest BCUT2D eigenvalue weighted by molar-refractivity contribution is -0.151. The molecule has 4 atom stereocenters. The molecular formula is C24H32N4O3. The normalized spacial score (nSPS) is 39.5. The van der Waals surface area contributed by atoms with Crippen molar-refractivity contribution in [2.45, 2.75) is 64.5 Å². The summed E-state index contributed by atoms with van der Waals surface area (Å²) >= 11 is 0. The van der Waals surface area contributed by atoms with E-state index in [-0.39, 0.29) is 47.1 Å². The van der Waals surface area contributed by atoms with Gasteiger partial charge >= 0.3 is 0 Å². The Kier molecular flexibility index (Phi) is 4.65. The molecule has 0 radical (unpaired) electrons. The van der Waals surface area contributed by atoms with Crippen LogP contribution in [0.5, 0.6) is 0 Å². The number of hydrogen-bond acceptors (Lipinski definition) is 4. The number of nitrogens with one attached hydrogen (secondary N) is 1. The Morgan fingerprint density at radius 3 is 2.55 bits per heavy atom. The average molecular weight is 425 g/mol. The molecule has 4 aliphatic carbocycles.